The third kappa shape index (κ3) is 2.41. The second-order valence-corrected chi connectivity index (χ2v) is 2.95. The molecule has 0 aromatic heterocycles. The van der Waals surface area contributed by atoms with E-state index in [0.29, 0.717) is 5.92 Å². The van der Waals surface area contributed by atoms with Crippen LogP contribution in [0.2, 0.25) is 0 Å². The van der Waals surface area contributed by atoms with Crippen LogP contribution in [0, 0.1) is 17.8 Å². The second-order valence-electron chi connectivity index (χ2n) is 2.95. The summed E-state index contributed by atoms with van der Waals surface area (Å²) in [4.78, 5) is 0. The fraction of sp³-hybridized carbons (Fsp3) is 0.778. The van der Waals surface area contributed by atoms with Gasteiger partial charge in [0.25, 0.3) is 0 Å². The molecule has 1 atom stereocenters. The van der Waals surface area contributed by atoms with Crippen molar-refractivity contribution < 1.29 is 4.74 Å². The molecule has 0 unspecified atom stereocenters. The molecule has 1 fully saturated rings. The van der Waals surface area contributed by atoms with Crippen molar-refractivity contribution in [1.29, 1.82) is 0 Å². The minimum Gasteiger partial charge on any atom is -0.366 e. The SMILES string of the molecule is CC(C)C#C[C@@H]1CCCO1. The van der Waals surface area contributed by atoms with Crippen LogP contribution in [-0.2, 0) is 4.74 Å². The highest BCUT2D eigenvalue weighted by Gasteiger charge is 2.11. The molecule has 1 heterocycles. The Hall–Kier alpha value is -0.480. The molecule has 1 aliphatic rings. The van der Waals surface area contributed by atoms with Gasteiger partial charge in [0.1, 0.15) is 6.10 Å². The standard InChI is InChI=1S/C9H14O/c1-8(2)5-6-9-4-3-7-10-9/h8-9H,3-4,7H2,1-2H3/t9-/m0/s1. The number of rotatable bonds is 0. The molecule has 1 heteroatoms. The maximum absolute atomic E-state index is 5.33. The molecule has 10 heavy (non-hydrogen) atoms. The normalized spacial score (nSPS) is 24.5. The highest BCUT2D eigenvalue weighted by atomic mass is 16.5. The molecule has 0 aliphatic carbocycles. The molecule has 0 spiro atoms. The van der Waals surface area contributed by atoms with Gasteiger partial charge in [-0.3, -0.25) is 0 Å². The maximum Gasteiger partial charge on any atom is 0.118 e. The van der Waals surface area contributed by atoms with E-state index in [1.165, 1.54) is 6.42 Å². The van der Waals surface area contributed by atoms with E-state index in [1.54, 1.807) is 0 Å². The Balaban J connectivity index is 2.31. The van der Waals surface area contributed by atoms with E-state index in [4.69, 9.17) is 4.74 Å². The summed E-state index contributed by atoms with van der Waals surface area (Å²) in [5.41, 5.74) is 0. The quantitative estimate of drug-likeness (QED) is 0.464. The molecule has 0 bridgehead atoms. The minimum absolute atomic E-state index is 0.238. The fourth-order valence-corrected chi connectivity index (χ4v) is 0.951. The third-order valence-corrected chi connectivity index (χ3v) is 1.46. The summed E-state index contributed by atoms with van der Waals surface area (Å²) in [6, 6.07) is 0. The Bertz CT molecular complexity index is 144. The average molecular weight is 138 g/mol. The van der Waals surface area contributed by atoms with Crippen molar-refractivity contribution in [3.05, 3.63) is 0 Å². The van der Waals surface area contributed by atoms with Gasteiger partial charge in [-0.2, -0.15) is 0 Å². The lowest BCUT2D eigenvalue weighted by molar-refractivity contribution is 0.152. The van der Waals surface area contributed by atoms with Crippen LogP contribution in [0.3, 0.4) is 0 Å². The summed E-state index contributed by atoms with van der Waals surface area (Å²) in [7, 11) is 0. The monoisotopic (exact) mass is 138 g/mol. The summed E-state index contributed by atoms with van der Waals surface area (Å²) < 4.78 is 5.33. The zero-order valence-corrected chi connectivity index (χ0v) is 6.68. The first-order valence-electron chi connectivity index (χ1n) is 3.91. The predicted octanol–water partition coefficient (Wildman–Crippen LogP) is 1.82. The molecule has 0 radical (unpaired) electrons. The van der Waals surface area contributed by atoms with Crippen molar-refractivity contribution in [3.8, 4) is 11.8 Å². The molecular formula is C9H14O. The first-order valence-corrected chi connectivity index (χ1v) is 3.91. The first kappa shape index (κ1) is 7.63. The van der Waals surface area contributed by atoms with Gasteiger partial charge < -0.3 is 4.74 Å². The largest absolute Gasteiger partial charge is 0.366 e. The lowest BCUT2D eigenvalue weighted by atomic mass is 10.2. The maximum atomic E-state index is 5.33. The Morgan fingerprint density at radius 3 is 2.80 bits per heavy atom. The minimum atomic E-state index is 0.238. The van der Waals surface area contributed by atoms with Crippen LogP contribution in [0.25, 0.3) is 0 Å². The van der Waals surface area contributed by atoms with Crippen LogP contribution in [0.15, 0.2) is 0 Å². The van der Waals surface area contributed by atoms with Crippen LogP contribution in [0.4, 0.5) is 0 Å². The van der Waals surface area contributed by atoms with Crippen molar-refractivity contribution in [2.75, 3.05) is 6.61 Å². The summed E-state index contributed by atoms with van der Waals surface area (Å²) in [6.45, 7) is 5.10. The lowest BCUT2D eigenvalue weighted by Crippen LogP contribution is -2.00. The number of ether oxygens (including phenoxy) is 1. The zero-order chi connectivity index (χ0) is 7.40. The van der Waals surface area contributed by atoms with E-state index >= 15 is 0 Å². The van der Waals surface area contributed by atoms with Crippen LogP contribution in [0.1, 0.15) is 26.7 Å². The average Bonchev–Trinajstić information content (AvgIpc) is 2.34. The van der Waals surface area contributed by atoms with Gasteiger partial charge in [-0.1, -0.05) is 25.7 Å². The first-order chi connectivity index (χ1) is 4.79. The van der Waals surface area contributed by atoms with Crippen molar-refractivity contribution in [2.45, 2.75) is 32.8 Å². The van der Waals surface area contributed by atoms with Gasteiger partial charge in [0.05, 0.1) is 0 Å². The highest BCUT2D eigenvalue weighted by Crippen LogP contribution is 2.10. The van der Waals surface area contributed by atoms with Gasteiger partial charge in [0, 0.05) is 12.5 Å². The molecule has 0 aromatic rings. The van der Waals surface area contributed by atoms with Gasteiger partial charge in [-0.05, 0) is 12.8 Å². The van der Waals surface area contributed by atoms with E-state index in [1.807, 2.05) is 0 Å². The number of hydrogen-bond donors (Lipinski definition) is 0. The van der Waals surface area contributed by atoms with Gasteiger partial charge >= 0.3 is 0 Å². The summed E-state index contributed by atoms with van der Waals surface area (Å²) in [5.74, 6) is 6.70. The Morgan fingerprint density at radius 1 is 1.50 bits per heavy atom. The molecule has 56 valence electrons. The van der Waals surface area contributed by atoms with Gasteiger partial charge in [0.15, 0.2) is 0 Å². The molecular weight excluding hydrogens is 124 g/mol. The molecule has 1 aliphatic heterocycles. The van der Waals surface area contributed by atoms with Gasteiger partial charge in [-0.25, -0.2) is 0 Å². The Labute approximate surface area is 62.8 Å². The van der Waals surface area contributed by atoms with Crippen molar-refractivity contribution in [3.63, 3.8) is 0 Å². The van der Waals surface area contributed by atoms with E-state index in [0.717, 1.165) is 13.0 Å². The Morgan fingerprint density at radius 2 is 2.30 bits per heavy atom. The van der Waals surface area contributed by atoms with Crippen molar-refractivity contribution >= 4 is 0 Å². The summed E-state index contributed by atoms with van der Waals surface area (Å²) in [6.07, 6.45) is 2.54. The van der Waals surface area contributed by atoms with Crippen LogP contribution in [-0.4, -0.2) is 12.7 Å². The van der Waals surface area contributed by atoms with Crippen molar-refractivity contribution in [2.24, 2.45) is 5.92 Å². The number of hydrogen-bond acceptors (Lipinski definition) is 1. The third-order valence-electron chi connectivity index (χ3n) is 1.46. The molecule has 0 amide bonds. The second kappa shape index (κ2) is 3.63. The molecule has 0 saturated carbocycles. The predicted molar refractivity (Wildman–Crippen MR) is 41.6 cm³/mol. The summed E-state index contributed by atoms with van der Waals surface area (Å²) >= 11 is 0. The Kier molecular flexibility index (Phi) is 2.77. The zero-order valence-electron chi connectivity index (χ0n) is 6.68. The molecule has 0 aromatic carbocycles. The van der Waals surface area contributed by atoms with Crippen molar-refractivity contribution in [1.82, 2.24) is 0 Å². The van der Waals surface area contributed by atoms with Gasteiger partial charge in [-0.15, -0.1) is 0 Å². The van der Waals surface area contributed by atoms with E-state index in [-0.39, 0.29) is 6.10 Å². The van der Waals surface area contributed by atoms with Gasteiger partial charge in [0.2, 0.25) is 0 Å². The van der Waals surface area contributed by atoms with Crippen LogP contribution < -0.4 is 0 Å². The van der Waals surface area contributed by atoms with E-state index in [2.05, 4.69) is 25.7 Å². The molecule has 0 N–H and O–H groups in total. The molecule has 1 saturated heterocycles. The van der Waals surface area contributed by atoms with Crippen LogP contribution >= 0.6 is 0 Å². The van der Waals surface area contributed by atoms with Crippen LogP contribution in [0.5, 0.6) is 0 Å². The molecule has 1 nitrogen and oxygen atoms in total. The molecule has 1 rings (SSSR count). The highest BCUT2D eigenvalue weighted by molar-refractivity contribution is 5.07. The smallest absolute Gasteiger partial charge is 0.118 e. The van der Waals surface area contributed by atoms with E-state index < -0.39 is 0 Å². The summed E-state index contributed by atoms with van der Waals surface area (Å²) in [5, 5.41) is 0. The van der Waals surface area contributed by atoms with E-state index in [9.17, 15) is 0 Å². The topological polar surface area (TPSA) is 9.23 Å². The fourth-order valence-electron chi connectivity index (χ4n) is 0.951. The lowest BCUT2D eigenvalue weighted by Gasteiger charge is -1.97.